The molecule has 1 saturated carbocycles. The molecule has 1 fully saturated rings. The molecule has 3 atom stereocenters. The monoisotopic (exact) mass is 343 g/mol. The highest BCUT2D eigenvalue weighted by atomic mass is 16.3. The molecule has 1 aromatic carbocycles. The highest BCUT2D eigenvalue weighted by Crippen LogP contribution is 2.38. The molecule has 2 aromatic rings. The van der Waals surface area contributed by atoms with Crippen molar-refractivity contribution >= 4 is 22.9 Å². The Balaban J connectivity index is 1.65. The number of oxazole rings is 1. The molecule has 0 bridgehead atoms. The molecule has 1 aromatic heterocycles. The fraction of sp³-hybridized carbons (Fsp3) is 0.526. The first-order valence-corrected chi connectivity index (χ1v) is 8.89. The zero-order valence-electron chi connectivity index (χ0n) is 14.9. The zero-order valence-corrected chi connectivity index (χ0v) is 14.9. The van der Waals surface area contributed by atoms with Gasteiger partial charge in [0.15, 0.2) is 12.0 Å². The number of hydrazine groups is 1. The zero-order chi connectivity index (χ0) is 18.0. The van der Waals surface area contributed by atoms with Crippen molar-refractivity contribution in [2.75, 3.05) is 0 Å². The minimum Gasteiger partial charge on any atom is -0.443 e. The number of aromatic nitrogens is 1. The molecule has 1 aliphatic carbocycles. The molecule has 0 spiro atoms. The van der Waals surface area contributed by atoms with Crippen molar-refractivity contribution in [2.45, 2.75) is 40.0 Å². The summed E-state index contributed by atoms with van der Waals surface area (Å²) in [5.41, 5.74) is 6.55. The number of fused-ring (bicyclic) bond motifs is 1. The van der Waals surface area contributed by atoms with Gasteiger partial charge < -0.3 is 4.42 Å². The van der Waals surface area contributed by atoms with E-state index in [4.69, 9.17) is 4.42 Å². The average molecular weight is 343 g/mol. The second kappa shape index (κ2) is 7.25. The fourth-order valence-corrected chi connectivity index (χ4v) is 3.84. The number of carbonyl (C=O) groups is 2. The maximum Gasteiger partial charge on any atom is 0.272 e. The molecule has 6 nitrogen and oxygen atoms in total. The van der Waals surface area contributed by atoms with E-state index in [0.29, 0.717) is 34.4 Å². The van der Waals surface area contributed by atoms with E-state index < -0.39 is 5.91 Å². The number of benzene rings is 1. The van der Waals surface area contributed by atoms with Crippen molar-refractivity contribution in [1.29, 1.82) is 0 Å². The van der Waals surface area contributed by atoms with Crippen LogP contribution in [0.4, 0.5) is 0 Å². The van der Waals surface area contributed by atoms with Crippen LogP contribution in [0.25, 0.3) is 11.1 Å². The summed E-state index contributed by atoms with van der Waals surface area (Å²) in [4.78, 5) is 29.1. The summed E-state index contributed by atoms with van der Waals surface area (Å²) >= 11 is 0. The van der Waals surface area contributed by atoms with Gasteiger partial charge in [-0.1, -0.05) is 26.8 Å². The smallest absolute Gasteiger partial charge is 0.272 e. The van der Waals surface area contributed by atoms with E-state index in [1.54, 1.807) is 18.2 Å². The molecule has 6 heteroatoms. The third-order valence-electron chi connectivity index (χ3n) is 5.26. The Kier molecular flexibility index (Phi) is 5.06. The quantitative estimate of drug-likeness (QED) is 0.838. The normalized spacial score (nSPS) is 23.6. The number of nitrogens with one attached hydrogen (secondary N) is 2. The van der Waals surface area contributed by atoms with Crippen LogP contribution in [0.3, 0.4) is 0 Å². The van der Waals surface area contributed by atoms with Gasteiger partial charge in [-0.2, -0.15) is 0 Å². The molecule has 0 radical (unpaired) electrons. The highest BCUT2D eigenvalue weighted by molar-refractivity contribution is 6.04. The van der Waals surface area contributed by atoms with Crippen LogP contribution in [0.15, 0.2) is 29.0 Å². The largest absolute Gasteiger partial charge is 0.443 e. The lowest BCUT2D eigenvalue weighted by molar-refractivity contribution is -0.129. The lowest BCUT2D eigenvalue weighted by Crippen LogP contribution is -2.48. The van der Waals surface area contributed by atoms with Crippen molar-refractivity contribution in [2.24, 2.45) is 23.7 Å². The van der Waals surface area contributed by atoms with E-state index >= 15 is 0 Å². The predicted molar refractivity (Wildman–Crippen MR) is 94.5 cm³/mol. The Morgan fingerprint density at radius 2 is 2.04 bits per heavy atom. The van der Waals surface area contributed by atoms with Gasteiger partial charge in [-0.05, 0) is 49.1 Å². The number of carbonyl (C=O) groups excluding carboxylic acids is 2. The molecular formula is C19H25N3O3. The first kappa shape index (κ1) is 17.5. The number of para-hydroxylation sites is 1. The van der Waals surface area contributed by atoms with Crippen LogP contribution < -0.4 is 10.9 Å². The Bertz CT molecular complexity index is 768. The number of nitrogens with zero attached hydrogens (tertiary/aromatic N) is 1. The first-order valence-electron chi connectivity index (χ1n) is 8.89. The average Bonchev–Trinajstić information content (AvgIpc) is 3.07. The molecular weight excluding hydrogens is 318 g/mol. The third-order valence-corrected chi connectivity index (χ3v) is 5.26. The SMILES string of the molecule is CC1CCC(C(=O)NNC(=O)c2cccc3ocnc23)C(C(C)C)C1. The topological polar surface area (TPSA) is 84.2 Å². The lowest BCUT2D eigenvalue weighted by Gasteiger charge is -2.36. The molecule has 2 amide bonds. The van der Waals surface area contributed by atoms with Gasteiger partial charge in [0.1, 0.15) is 5.52 Å². The summed E-state index contributed by atoms with van der Waals surface area (Å²) in [7, 11) is 0. The van der Waals surface area contributed by atoms with E-state index in [2.05, 4.69) is 36.6 Å². The Hall–Kier alpha value is -2.37. The molecule has 3 rings (SSSR count). The van der Waals surface area contributed by atoms with Crippen molar-refractivity contribution in [3.8, 4) is 0 Å². The summed E-state index contributed by atoms with van der Waals surface area (Å²) in [6.45, 7) is 6.56. The van der Waals surface area contributed by atoms with Crippen molar-refractivity contribution < 1.29 is 14.0 Å². The minimum absolute atomic E-state index is 0.0562. The van der Waals surface area contributed by atoms with E-state index in [1.165, 1.54) is 6.39 Å². The van der Waals surface area contributed by atoms with Crippen LogP contribution in [-0.2, 0) is 4.79 Å². The second-order valence-corrected chi connectivity index (χ2v) is 7.38. The van der Waals surface area contributed by atoms with Gasteiger partial charge in [-0.15, -0.1) is 0 Å². The van der Waals surface area contributed by atoms with Crippen molar-refractivity contribution in [3.05, 3.63) is 30.2 Å². The summed E-state index contributed by atoms with van der Waals surface area (Å²) in [6, 6.07) is 5.13. The maximum atomic E-state index is 12.6. The van der Waals surface area contributed by atoms with E-state index in [1.807, 2.05) is 0 Å². The number of hydrogen-bond acceptors (Lipinski definition) is 4. The third kappa shape index (κ3) is 3.67. The Morgan fingerprint density at radius 3 is 2.80 bits per heavy atom. The fourth-order valence-electron chi connectivity index (χ4n) is 3.84. The summed E-state index contributed by atoms with van der Waals surface area (Å²) in [6.07, 6.45) is 4.27. The molecule has 0 aliphatic heterocycles. The standard InChI is InChI=1S/C19H25N3O3/c1-11(2)15-9-12(3)7-8-13(15)18(23)21-22-19(24)14-5-4-6-16-17(14)20-10-25-16/h4-6,10-13,15H,7-9H2,1-3H3,(H,21,23)(H,22,24). The van der Waals surface area contributed by atoms with E-state index in [-0.39, 0.29) is 11.8 Å². The van der Waals surface area contributed by atoms with Gasteiger partial charge >= 0.3 is 0 Å². The van der Waals surface area contributed by atoms with Gasteiger partial charge in [-0.25, -0.2) is 4.98 Å². The van der Waals surface area contributed by atoms with Gasteiger partial charge in [0, 0.05) is 5.92 Å². The summed E-state index contributed by atoms with van der Waals surface area (Å²) < 4.78 is 5.20. The van der Waals surface area contributed by atoms with Gasteiger partial charge in [0.2, 0.25) is 5.91 Å². The maximum absolute atomic E-state index is 12.6. The van der Waals surface area contributed by atoms with Crippen LogP contribution >= 0.6 is 0 Å². The molecule has 2 N–H and O–H groups in total. The summed E-state index contributed by atoms with van der Waals surface area (Å²) in [5, 5.41) is 0. The Labute approximate surface area is 147 Å². The van der Waals surface area contributed by atoms with Crippen LogP contribution in [0.1, 0.15) is 50.4 Å². The van der Waals surface area contributed by atoms with Crippen LogP contribution in [0.2, 0.25) is 0 Å². The minimum atomic E-state index is -0.391. The molecule has 134 valence electrons. The van der Waals surface area contributed by atoms with Gasteiger partial charge in [0.25, 0.3) is 5.91 Å². The highest BCUT2D eigenvalue weighted by Gasteiger charge is 2.35. The number of rotatable bonds is 3. The second-order valence-electron chi connectivity index (χ2n) is 7.38. The predicted octanol–water partition coefficient (Wildman–Crippen LogP) is 3.30. The number of hydrogen-bond donors (Lipinski definition) is 2. The van der Waals surface area contributed by atoms with E-state index in [0.717, 1.165) is 19.3 Å². The van der Waals surface area contributed by atoms with Crippen LogP contribution in [-0.4, -0.2) is 16.8 Å². The summed E-state index contributed by atoms with van der Waals surface area (Å²) in [5.74, 6) is 0.886. The molecule has 3 unspecified atom stereocenters. The lowest BCUT2D eigenvalue weighted by atomic mass is 9.69. The molecule has 1 aliphatic rings. The molecule has 25 heavy (non-hydrogen) atoms. The van der Waals surface area contributed by atoms with Gasteiger partial charge in [-0.3, -0.25) is 20.4 Å². The first-order chi connectivity index (χ1) is 12.0. The van der Waals surface area contributed by atoms with Crippen molar-refractivity contribution in [3.63, 3.8) is 0 Å². The molecule has 1 heterocycles. The Morgan fingerprint density at radius 1 is 1.24 bits per heavy atom. The van der Waals surface area contributed by atoms with Crippen LogP contribution in [0.5, 0.6) is 0 Å². The van der Waals surface area contributed by atoms with Crippen LogP contribution in [0, 0.1) is 23.7 Å². The number of amides is 2. The molecule has 0 saturated heterocycles. The van der Waals surface area contributed by atoms with Gasteiger partial charge in [0.05, 0.1) is 5.56 Å². The van der Waals surface area contributed by atoms with E-state index in [9.17, 15) is 9.59 Å². The van der Waals surface area contributed by atoms with Crippen molar-refractivity contribution in [1.82, 2.24) is 15.8 Å².